The molecule has 2 fully saturated rings. The number of nitrogens with zero attached hydrogens (tertiary/aromatic N) is 1. The first kappa shape index (κ1) is 17.6. The minimum atomic E-state index is -0.274. The molecule has 3 aliphatic rings. The third-order valence-electron chi connectivity index (χ3n) is 5.94. The summed E-state index contributed by atoms with van der Waals surface area (Å²) in [5, 5.41) is 2.85. The molecule has 140 valence electrons. The lowest BCUT2D eigenvalue weighted by molar-refractivity contribution is -0.123. The van der Waals surface area contributed by atoms with Crippen LogP contribution in [0.4, 0.5) is 11.4 Å². The van der Waals surface area contributed by atoms with Gasteiger partial charge in [-0.3, -0.25) is 14.4 Å². The van der Waals surface area contributed by atoms with Crippen molar-refractivity contribution in [2.75, 3.05) is 10.2 Å². The van der Waals surface area contributed by atoms with Crippen LogP contribution >= 0.6 is 22.6 Å². The van der Waals surface area contributed by atoms with Gasteiger partial charge in [-0.05, 0) is 83.3 Å². The Kier molecular flexibility index (Phi) is 4.12. The Morgan fingerprint density at radius 1 is 0.964 bits per heavy atom. The molecule has 28 heavy (non-hydrogen) atoms. The highest BCUT2D eigenvalue weighted by atomic mass is 127. The quantitative estimate of drug-likeness (QED) is 0.409. The SMILES string of the molecule is O=C(Nc1ccc(I)cc1)c1cccc(N2C(=O)C3C4C=CC(C4)C3C2=O)c1. The summed E-state index contributed by atoms with van der Waals surface area (Å²) in [5.41, 5.74) is 1.58. The summed E-state index contributed by atoms with van der Waals surface area (Å²) in [6, 6.07) is 14.2. The number of anilines is 2. The van der Waals surface area contributed by atoms with Crippen molar-refractivity contribution in [3.63, 3.8) is 0 Å². The molecule has 5 nitrogen and oxygen atoms in total. The number of allylic oxidation sites excluding steroid dienone is 2. The molecule has 1 N–H and O–H groups in total. The van der Waals surface area contributed by atoms with Crippen molar-refractivity contribution in [1.82, 2.24) is 0 Å². The first-order chi connectivity index (χ1) is 13.5. The summed E-state index contributed by atoms with van der Waals surface area (Å²) < 4.78 is 1.08. The normalized spacial score (nSPS) is 27.4. The zero-order valence-electron chi connectivity index (χ0n) is 14.8. The minimum Gasteiger partial charge on any atom is -0.322 e. The number of carbonyl (C=O) groups excluding carboxylic acids is 3. The Morgan fingerprint density at radius 3 is 2.25 bits per heavy atom. The molecule has 0 radical (unpaired) electrons. The van der Waals surface area contributed by atoms with Gasteiger partial charge in [0.2, 0.25) is 11.8 Å². The highest BCUT2D eigenvalue weighted by molar-refractivity contribution is 14.1. The van der Waals surface area contributed by atoms with E-state index < -0.39 is 0 Å². The molecular weight excluding hydrogens is 467 g/mol. The first-order valence-electron chi connectivity index (χ1n) is 9.26. The molecule has 1 heterocycles. The number of fused-ring (bicyclic) bond motifs is 5. The molecule has 3 amide bonds. The van der Waals surface area contributed by atoms with Crippen LogP contribution in [-0.4, -0.2) is 17.7 Å². The molecular formula is C22H17IN2O3. The molecule has 0 spiro atoms. The van der Waals surface area contributed by atoms with Crippen LogP contribution < -0.4 is 10.2 Å². The summed E-state index contributed by atoms with van der Waals surface area (Å²) in [4.78, 5) is 39.8. The van der Waals surface area contributed by atoms with Crippen molar-refractivity contribution in [3.8, 4) is 0 Å². The van der Waals surface area contributed by atoms with Crippen LogP contribution in [0.25, 0.3) is 0 Å². The predicted molar refractivity (Wildman–Crippen MR) is 114 cm³/mol. The molecule has 0 aromatic heterocycles. The Bertz CT molecular complexity index is 1000. The monoisotopic (exact) mass is 484 g/mol. The average molecular weight is 484 g/mol. The van der Waals surface area contributed by atoms with Gasteiger partial charge in [0.05, 0.1) is 17.5 Å². The zero-order chi connectivity index (χ0) is 19.4. The van der Waals surface area contributed by atoms with Crippen molar-refractivity contribution in [2.24, 2.45) is 23.7 Å². The summed E-state index contributed by atoms with van der Waals surface area (Å²) in [5.74, 6) is -0.695. The van der Waals surface area contributed by atoms with Crippen molar-refractivity contribution in [3.05, 3.63) is 69.8 Å². The third kappa shape index (κ3) is 2.70. The van der Waals surface area contributed by atoms with Crippen LogP contribution in [-0.2, 0) is 9.59 Å². The Labute approximate surface area is 175 Å². The van der Waals surface area contributed by atoms with Crippen LogP contribution in [0.3, 0.4) is 0 Å². The van der Waals surface area contributed by atoms with Crippen LogP contribution in [0.1, 0.15) is 16.8 Å². The van der Waals surface area contributed by atoms with E-state index >= 15 is 0 Å². The van der Waals surface area contributed by atoms with E-state index in [2.05, 4.69) is 40.1 Å². The molecule has 4 unspecified atom stereocenters. The molecule has 2 aliphatic carbocycles. The summed E-state index contributed by atoms with van der Waals surface area (Å²) in [6.45, 7) is 0. The highest BCUT2D eigenvalue weighted by Crippen LogP contribution is 2.53. The predicted octanol–water partition coefficient (Wildman–Crippen LogP) is 3.86. The Hall–Kier alpha value is -2.48. The summed E-state index contributed by atoms with van der Waals surface area (Å²) in [6.07, 6.45) is 5.05. The fourth-order valence-electron chi connectivity index (χ4n) is 4.68. The molecule has 1 saturated carbocycles. The maximum absolute atomic E-state index is 13.0. The molecule has 2 bridgehead atoms. The molecule has 1 aliphatic heterocycles. The van der Waals surface area contributed by atoms with Gasteiger partial charge in [0.1, 0.15) is 0 Å². The Morgan fingerprint density at radius 2 is 1.61 bits per heavy atom. The van der Waals surface area contributed by atoms with Gasteiger partial charge in [0, 0.05) is 14.8 Å². The lowest BCUT2D eigenvalue weighted by atomic mass is 9.85. The van der Waals surface area contributed by atoms with Gasteiger partial charge >= 0.3 is 0 Å². The number of nitrogens with one attached hydrogen (secondary N) is 1. The highest BCUT2D eigenvalue weighted by Gasteiger charge is 2.59. The van der Waals surface area contributed by atoms with Crippen LogP contribution in [0, 0.1) is 27.2 Å². The second-order valence-corrected chi connectivity index (χ2v) is 8.77. The van der Waals surface area contributed by atoms with Crippen molar-refractivity contribution < 1.29 is 14.4 Å². The van der Waals surface area contributed by atoms with E-state index in [1.54, 1.807) is 24.3 Å². The topological polar surface area (TPSA) is 66.5 Å². The maximum atomic E-state index is 13.0. The van der Waals surface area contributed by atoms with Crippen molar-refractivity contribution >= 4 is 51.7 Å². The van der Waals surface area contributed by atoms with Gasteiger partial charge in [-0.2, -0.15) is 0 Å². The number of carbonyl (C=O) groups is 3. The lowest BCUT2D eigenvalue weighted by Crippen LogP contribution is -2.33. The minimum absolute atomic E-state index is 0.137. The van der Waals surface area contributed by atoms with E-state index in [0.717, 1.165) is 9.99 Å². The third-order valence-corrected chi connectivity index (χ3v) is 6.66. The van der Waals surface area contributed by atoms with Gasteiger partial charge in [-0.25, -0.2) is 4.90 Å². The number of halogens is 1. The second kappa shape index (κ2) is 6.55. The van der Waals surface area contributed by atoms with Crippen molar-refractivity contribution in [1.29, 1.82) is 0 Å². The number of imide groups is 1. The number of hydrogen-bond acceptors (Lipinski definition) is 3. The molecule has 2 aromatic carbocycles. The van der Waals surface area contributed by atoms with Crippen LogP contribution in [0.5, 0.6) is 0 Å². The van der Waals surface area contributed by atoms with E-state index in [4.69, 9.17) is 0 Å². The summed E-state index contributed by atoms with van der Waals surface area (Å²) >= 11 is 2.20. The van der Waals surface area contributed by atoms with Gasteiger partial charge in [-0.15, -0.1) is 0 Å². The standard InChI is InChI=1S/C22H17IN2O3/c23-15-6-8-16(9-7-15)24-20(26)14-2-1-3-17(11-14)25-21(27)18-12-4-5-13(10-12)19(18)22(25)28/h1-9,11-13,18-19H,10H2,(H,24,26). The van der Waals surface area contributed by atoms with E-state index in [-0.39, 0.29) is 41.4 Å². The molecule has 5 rings (SSSR count). The lowest BCUT2D eigenvalue weighted by Gasteiger charge is -2.18. The van der Waals surface area contributed by atoms with Crippen LogP contribution in [0.15, 0.2) is 60.7 Å². The van der Waals surface area contributed by atoms with Gasteiger partial charge in [-0.1, -0.05) is 18.2 Å². The molecule has 1 saturated heterocycles. The number of hydrogen-bond donors (Lipinski definition) is 1. The molecule has 2 aromatic rings. The van der Waals surface area contributed by atoms with E-state index in [9.17, 15) is 14.4 Å². The second-order valence-electron chi connectivity index (χ2n) is 7.52. The fraction of sp³-hybridized carbons (Fsp3) is 0.227. The maximum Gasteiger partial charge on any atom is 0.255 e. The van der Waals surface area contributed by atoms with Gasteiger partial charge in [0.15, 0.2) is 0 Å². The van der Waals surface area contributed by atoms with Crippen molar-refractivity contribution in [2.45, 2.75) is 6.42 Å². The first-order valence-corrected chi connectivity index (χ1v) is 10.3. The smallest absolute Gasteiger partial charge is 0.255 e. The van der Waals surface area contributed by atoms with Gasteiger partial charge < -0.3 is 5.32 Å². The number of amides is 3. The number of benzene rings is 2. The van der Waals surface area contributed by atoms with E-state index in [1.165, 1.54) is 4.90 Å². The summed E-state index contributed by atoms with van der Waals surface area (Å²) in [7, 11) is 0. The van der Waals surface area contributed by atoms with Gasteiger partial charge in [0.25, 0.3) is 5.91 Å². The molecule has 4 atom stereocenters. The zero-order valence-corrected chi connectivity index (χ0v) is 17.0. The van der Waals surface area contributed by atoms with E-state index in [0.29, 0.717) is 16.9 Å². The van der Waals surface area contributed by atoms with Crippen LogP contribution in [0.2, 0.25) is 0 Å². The van der Waals surface area contributed by atoms with E-state index in [1.807, 2.05) is 24.3 Å². The largest absolute Gasteiger partial charge is 0.322 e. The fourth-order valence-corrected chi connectivity index (χ4v) is 5.04. The average Bonchev–Trinajstić information content (AvgIpc) is 3.37. The molecule has 6 heteroatoms. The Balaban J connectivity index is 1.40. The number of rotatable bonds is 3.